The van der Waals surface area contributed by atoms with E-state index in [2.05, 4.69) is 17.1 Å². The molecular weight excluding hydrogens is 342 g/mol. The van der Waals surface area contributed by atoms with Crippen LogP contribution in [0.1, 0.15) is 43.7 Å². The van der Waals surface area contributed by atoms with Crippen LogP contribution in [-0.4, -0.2) is 33.2 Å². The van der Waals surface area contributed by atoms with Gasteiger partial charge in [0.25, 0.3) is 0 Å². The molecule has 1 heterocycles. The van der Waals surface area contributed by atoms with Crippen molar-refractivity contribution in [2.75, 3.05) is 7.11 Å². The van der Waals surface area contributed by atoms with Crippen LogP contribution in [0.2, 0.25) is 0 Å². The molecule has 0 spiro atoms. The molecule has 0 bridgehead atoms. The normalized spacial score (nSPS) is 11.0. The predicted octanol–water partition coefficient (Wildman–Crippen LogP) is 3.96. The van der Waals surface area contributed by atoms with Crippen LogP contribution in [0.4, 0.5) is 0 Å². The third-order valence-electron chi connectivity index (χ3n) is 4.63. The molecule has 0 aliphatic carbocycles. The summed E-state index contributed by atoms with van der Waals surface area (Å²) in [7, 11) is 1.39. The molecule has 0 atom stereocenters. The molecule has 0 aliphatic heterocycles. The molecule has 27 heavy (non-hydrogen) atoms. The summed E-state index contributed by atoms with van der Waals surface area (Å²) in [6.45, 7) is 2.15. The Kier molecular flexibility index (Phi) is 6.06. The molecule has 0 fully saturated rings. The smallest absolute Gasteiger partial charge is 0.305 e. The van der Waals surface area contributed by atoms with E-state index in [1.807, 2.05) is 36.4 Å². The molecule has 6 nitrogen and oxygen atoms in total. The van der Waals surface area contributed by atoms with Crippen LogP contribution in [0, 0.1) is 0 Å². The van der Waals surface area contributed by atoms with E-state index in [4.69, 9.17) is 4.74 Å². The average Bonchev–Trinajstić information content (AvgIpc) is 3.12. The highest BCUT2D eigenvalue weighted by atomic mass is 16.5. The van der Waals surface area contributed by atoms with E-state index in [1.54, 1.807) is 0 Å². The Hall–Kier alpha value is -2.89. The molecule has 0 aliphatic rings. The van der Waals surface area contributed by atoms with E-state index in [0.29, 0.717) is 18.5 Å². The Morgan fingerprint density at radius 2 is 1.81 bits per heavy atom. The fraction of sp³-hybridized carbons (Fsp3) is 0.381. The van der Waals surface area contributed by atoms with Crippen LogP contribution in [0.25, 0.3) is 16.7 Å². The summed E-state index contributed by atoms with van der Waals surface area (Å²) < 4.78 is 4.74. The maximum Gasteiger partial charge on any atom is 0.305 e. The van der Waals surface area contributed by atoms with Gasteiger partial charge in [-0.3, -0.25) is 4.79 Å². The summed E-state index contributed by atoms with van der Waals surface area (Å²) in [5, 5.41) is 19.8. The highest BCUT2D eigenvalue weighted by Gasteiger charge is 2.15. The van der Waals surface area contributed by atoms with Crippen molar-refractivity contribution in [2.24, 2.45) is 0 Å². The second-order valence-electron chi connectivity index (χ2n) is 6.63. The second-order valence-corrected chi connectivity index (χ2v) is 6.63. The largest absolute Gasteiger partial charge is 0.505 e. The molecule has 0 radical (unpaired) electrons. The highest BCUT2D eigenvalue weighted by molar-refractivity contribution is 5.74. The molecule has 0 amide bonds. The van der Waals surface area contributed by atoms with Crippen molar-refractivity contribution >= 4 is 17.0 Å². The van der Waals surface area contributed by atoms with Crippen molar-refractivity contribution < 1.29 is 14.6 Å². The van der Waals surface area contributed by atoms with Gasteiger partial charge in [0, 0.05) is 6.42 Å². The number of fused-ring (bicyclic) bond motifs is 1. The molecular formula is C21H25N3O3. The molecule has 142 valence electrons. The van der Waals surface area contributed by atoms with Crippen molar-refractivity contribution in [3.8, 4) is 11.4 Å². The number of carbonyl (C=O) groups excluding carboxylic acids is 1. The number of unbranched alkanes of at least 4 members (excludes halogenated alkanes) is 2. The number of nitrogens with zero attached hydrogens (tertiary/aromatic N) is 3. The number of esters is 1. The van der Waals surface area contributed by atoms with Gasteiger partial charge in [-0.25, -0.2) is 0 Å². The van der Waals surface area contributed by atoms with E-state index >= 15 is 0 Å². The number of methoxy groups -OCH3 is 1. The van der Waals surface area contributed by atoms with Gasteiger partial charge in [0.1, 0.15) is 22.5 Å². The monoisotopic (exact) mass is 367 g/mol. The topological polar surface area (TPSA) is 77.2 Å². The zero-order valence-corrected chi connectivity index (χ0v) is 15.8. The number of aromatic hydroxyl groups is 1. The molecule has 0 saturated carbocycles. The van der Waals surface area contributed by atoms with Crippen LogP contribution < -0.4 is 0 Å². The molecule has 3 aromatic rings. The molecule has 0 unspecified atom stereocenters. The maximum atomic E-state index is 11.5. The standard InChI is InChI=1S/C21H25N3O3/c1-3-4-5-8-16-13-15(11-12-20(25)27-2)14-19(21(16)26)24-22-17-9-6-7-10-18(17)23-24/h6-7,9-10,13-14,26H,3-5,8,11-12H2,1-2H3. The number of phenols is 1. The molecule has 2 aromatic carbocycles. The Balaban J connectivity index is 1.98. The van der Waals surface area contributed by atoms with E-state index < -0.39 is 0 Å². The van der Waals surface area contributed by atoms with Crippen LogP contribution in [0.3, 0.4) is 0 Å². The van der Waals surface area contributed by atoms with Gasteiger partial charge in [-0.2, -0.15) is 0 Å². The van der Waals surface area contributed by atoms with Gasteiger partial charge in [-0.05, 0) is 48.6 Å². The number of aromatic nitrogens is 3. The van der Waals surface area contributed by atoms with Gasteiger partial charge in [-0.15, -0.1) is 15.0 Å². The van der Waals surface area contributed by atoms with Crippen LogP contribution in [0.15, 0.2) is 36.4 Å². The lowest BCUT2D eigenvalue weighted by atomic mass is 10.00. The van der Waals surface area contributed by atoms with Gasteiger partial charge < -0.3 is 9.84 Å². The summed E-state index contributed by atoms with van der Waals surface area (Å²) >= 11 is 0. The molecule has 1 N–H and O–H groups in total. The predicted molar refractivity (Wildman–Crippen MR) is 104 cm³/mol. The number of aryl methyl sites for hydroxylation is 2. The number of hydrogen-bond acceptors (Lipinski definition) is 5. The first kappa shape index (κ1) is 18.9. The van der Waals surface area contributed by atoms with E-state index in [-0.39, 0.29) is 11.7 Å². The summed E-state index contributed by atoms with van der Waals surface area (Å²) in [5.74, 6) is -0.0478. The highest BCUT2D eigenvalue weighted by Crippen LogP contribution is 2.30. The van der Waals surface area contributed by atoms with Gasteiger partial charge in [0.05, 0.1) is 7.11 Å². The number of rotatable bonds is 8. The third-order valence-corrected chi connectivity index (χ3v) is 4.63. The first-order valence-corrected chi connectivity index (χ1v) is 9.36. The summed E-state index contributed by atoms with van der Waals surface area (Å²) in [6.07, 6.45) is 4.83. The number of benzene rings is 2. The average molecular weight is 367 g/mol. The molecule has 6 heteroatoms. The fourth-order valence-corrected chi connectivity index (χ4v) is 3.11. The van der Waals surface area contributed by atoms with Crippen molar-refractivity contribution in [1.29, 1.82) is 0 Å². The lowest BCUT2D eigenvalue weighted by Crippen LogP contribution is -2.05. The summed E-state index contributed by atoms with van der Waals surface area (Å²) in [4.78, 5) is 13.0. The van der Waals surface area contributed by atoms with E-state index in [1.165, 1.54) is 11.9 Å². The van der Waals surface area contributed by atoms with Gasteiger partial charge in [0.2, 0.25) is 0 Å². The summed E-state index contributed by atoms with van der Waals surface area (Å²) in [5.41, 5.74) is 3.90. The van der Waals surface area contributed by atoms with Crippen molar-refractivity contribution in [1.82, 2.24) is 15.0 Å². The quantitative estimate of drug-likeness (QED) is 0.482. The number of phenolic OH excluding ortho intramolecular Hbond substituents is 1. The number of hydrogen-bond donors (Lipinski definition) is 1. The molecule has 3 rings (SSSR count). The Bertz CT molecular complexity index is 901. The van der Waals surface area contributed by atoms with Gasteiger partial charge >= 0.3 is 5.97 Å². The number of carbonyl (C=O) groups is 1. The molecule has 0 saturated heterocycles. The molecule has 1 aromatic heterocycles. The Labute approximate surface area is 158 Å². The van der Waals surface area contributed by atoms with Gasteiger partial charge in [0.15, 0.2) is 0 Å². The first-order chi connectivity index (χ1) is 13.1. The zero-order valence-electron chi connectivity index (χ0n) is 15.8. The Morgan fingerprint density at radius 3 is 2.44 bits per heavy atom. The third kappa shape index (κ3) is 4.45. The van der Waals surface area contributed by atoms with Crippen LogP contribution >= 0.6 is 0 Å². The zero-order chi connectivity index (χ0) is 19.2. The van der Waals surface area contributed by atoms with Crippen molar-refractivity contribution in [3.05, 3.63) is 47.5 Å². The van der Waals surface area contributed by atoms with Crippen molar-refractivity contribution in [3.63, 3.8) is 0 Å². The van der Waals surface area contributed by atoms with Crippen LogP contribution in [-0.2, 0) is 22.4 Å². The minimum Gasteiger partial charge on any atom is -0.505 e. The Morgan fingerprint density at radius 1 is 1.11 bits per heavy atom. The van der Waals surface area contributed by atoms with Crippen molar-refractivity contribution in [2.45, 2.75) is 45.4 Å². The first-order valence-electron chi connectivity index (χ1n) is 9.36. The number of ether oxygens (including phenoxy) is 1. The van der Waals surface area contributed by atoms with Crippen LogP contribution in [0.5, 0.6) is 5.75 Å². The SMILES string of the molecule is CCCCCc1cc(CCC(=O)OC)cc(-n2nc3ccccc3n2)c1O. The fourth-order valence-electron chi connectivity index (χ4n) is 3.11. The van der Waals surface area contributed by atoms with Gasteiger partial charge in [-0.1, -0.05) is 38.0 Å². The lowest BCUT2D eigenvalue weighted by molar-refractivity contribution is -0.140. The second kappa shape index (κ2) is 8.66. The van der Waals surface area contributed by atoms with E-state index in [9.17, 15) is 9.90 Å². The van der Waals surface area contributed by atoms with E-state index in [0.717, 1.165) is 47.8 Å². The summed E-state index contributed by atoms with van der Waals surface area (Å²) in [6, 6.07) is 11.4. The lowest BCUT2D eigenvalue weighted by Gasteiger charge is -2.12. The minimum atomic E-state index is -0.250. The minimum absolute atomic E-state index is 0.202. The maximum absolute atomic E-state index is 11.5.